The molecule has 0 radical (unpaired) electrons. The van der Waals surface area contributed by atoms with Gasteiger partial charge in [-0.15, -0.1) is 0 Å². The summed E-state index contributed by atoms with van der Waals surface area (Å²) in [7, 11) is 0. The van der Waals surface area contributed by atoms with Crippen molar-refractivity contribution in [2.24, 2.45) is 0 Å². The van der Waals surface area contributed by atoms with Gasteiger partial charge in [0.15, 0.2) is 0 Å². The highest BCUT2D eigenvalue weighted by atomic mass is 16.4. The minimum Gasteiger partial charge on any atom is -0.422 e. The minimum atomic E-state index is -0.351. The van der Waals surface area contributed by atoms with E-state index in [0.717, 1.165) is 60.3 Å². The van der Waals surface area contributed by atoms with Crippen molar-refractivity contribution in [3.63, 3.8) is 0 Å². The lowest BCUT2D eigenvalue weighted by Crippen LogP contribution is -2.09. The summed E-state index contributed by atoms with van der Waals surface area (Å²) in [6.07, 6.45) is 15.3. The van der Waals surface area contributed by atoms with Crippen LogP contribution in [0.4, 0.5) is 11.6 Å². The largest absolute Gasteiger partial charge is 0.422 e. The number of anilines is 2. The van der Waals surface area contributed by atoms with Gasteiger partial charge in [0.2, 0.25) is 0 Å². The molecule has 0 aliphatic carbocycles. The first-order chi connectivity index (χ1) is 21.7. The lowest BCUT2D eigenvalue weighted by molar-refractivity contribution is 0.557. The molecule has 2 N–H and O–H groups in total. The Bertz CT molecular complexity index is 1850. The zero-order valence-electron chi connectivity index (χ0n) is 24.9. The van der Waals surface area contributed by atoms with Gasteiger partial charge in [-0.2, -0.15) is 0 Å². The standard InChI is InChI=1S/C36H38N4O4/c41-35-31-27(25-15-9-11-17-29(25)43-35)19-23-39-33(31)37-21-13-7-5-3-1-2-4-6-8-14-22-38-34-32-28(20-24-40-34)26-16-10-12-18-30(26)44-36(32)42/h9-12,15-20,23-24H,1-8,13-14,21-22H2,(H,37,39)(H,38,40). The number of aromatic nitrogens is 2. The third-order valence-corrected chi connectivity index (χ3v) is 8.26. The van der Waals surface area contributed by atoms with Crippen molar-refractivity contribution >= 4 is 55.1 Å². The second-order valence-corrected chi connectivity index (χ2v) is 11.3. The number of nitrogens with one attached hydrogen (secondary N) is 2. The Morgan fingerprint density at radius 1 is 0.477 bits per heavy atom. The molecule has 0 aliphatic rings. The quantitative estimate of drug-likeness (QED) is 0.0697. The number of unbranched alkanes of at least 4 members (excludes halogenated alkanes) is 9. The van der Waals surface area contributed by atoms with Crippen LogP contribution in [0.15, 0.2) is 91.5 Å². The molecule has 2 aromatic carbocycles. The molecular formula is C36H38N4O4. The van der Waals surface area contributed by atoms with Gasteiger partial charge in [0.25, 0.3) is 0 Å². The number of nitrogens with zero attached hydrogens (tertiary/aromatic N) is 2. The summed E-state index contributed by atoms with van der Waals surface area (Å²) in [6, 6.07) is 19.0. The predicted octanol–water partition coefficient (Wildman–Crippen LogP) is 8.42. The van der Waals surface area contributed by atoms with Gasteiger partial charge in [0.05, 0.1) is 0 Å². The van der Waals surface area contributed by atoms with E-state index in [2.05, 4.69) is 20.6 Å². The summed E-state index contributed by atoms with van der Waals surface area (Å²) in [4.78, 5) is 34.1. The Balaban J connectivity index is 0.841. The Morgan fingerprint density at radius 3 is 1.30 bits per heavy atom. The maximum Gasteiger partial charge on any atom is 0.347 e. The highest BCUT2D eigenvalue weighted by Gasteiger charge is 2.13. The lowest BCUT2D eigenvalue weighted by Gasteiger charge is -2.09. The van der Waals surface area contributed by atoms with Gasteiger partial charge < -0.3 is 19.5 Å². The SMILES string of the molecule is O=c1oc2ccccc2c2ccnc(NCCCCCCCCCCCCNc3nccc4c3c(=O)oc3ccccc34)c12. The summed E-state index contributed by atoms with van der Waals surface area (Å²) >= 11 is 0. The van der Waals surface area contributed by atoms with Crippen molar-refractivity contribution in [1.82, 2.24) is 9.97 Å². The zero-order chi connectivity index (χ0) is 30.1. The minimum absolute atomic E-state index is 0.351. The highest BCUT2D eigenvalue weighted by Crippen LogP contribution is 2.27. The Morgan fingerprint density at radius 2 is 0.864 bits per heavy atom. The molecule has 0 unspecified atom stereocenters. The van der Waals surface area contributed by atoms with Crippen LogP contribution in [-0.2, 0) is 0 Å². The predicted molar refractivity (Wildman–Crippen MR) is 179 cm³/mol. The number of pyridine rings is 2. The summed E-state index contributed by atoms with van der Waals surface area (Å²) in [6.45, 7) is 1.56. The molecular weight excluding hydrogens is 552 g/mol. The van der Waals surface area contributed by atoms with E-state index in [4.69, 9.17) is 8.83 Å². The van der Waals surface area contributed by atoms with Crippen molar-refractivity contribution in [3.05, 3.63) is 93.9 Å². The fourth-order valence-electron chi connectivity index (χ4n) is 5.99. The molecule has 0 amide bonds. The second-order valence-electron chi connectivity index (χ2n) is 11.3. The first-order valence-electron chi connectivity index (χ1n) is 15.8. The van der Waals surface area contributed by atoms with Crippen molar-refractivity contribution in [2.75, 3.05) is 23.7 Å². The van der Waals surface area contributed by atoms with E-state index >= 15 is 0 Å². The van der Waals surface area contributed by atoms with Crippen LogP contribution in [0.3, 0.4) is 0 Å². The summed E-state index contributed by atoms with van der Waals surface area (Å²) < 4.78 is 11.1. The van der Waals surface area contributed by atoms with Crippen LogP contribution in [-0.4, -0.2) is 23.1 Å². The molecule has 226 valence electrons. The Labute approximate surface area is 255 Å². The Kier molecular flexibility index (Phi) is 9.45. The van der Waals surface area contributed by atoms with E-state index in [9.17, 15) is 9.59 Å². The number of hydrogen-bond donors (Lipinski definition) is 2. The molecule has 6 aromatic rings. The summed E-state index contributed by atoms with van der Waals surface area (Å²) in [5.74, 6) is 1.20. The molecule has 8 heteroatoms. The first-order valence-corrected chi connectivity index (χ1v) is 15.8. The van der Waals surface area contributed by atoms with Crippen LogP contribution >= 0.6 is 0 Å². The average Bonchev–Trinajstić information content (AvgIpc) is 3.05. The molecule has 0 spiro atoms. The summed E-state index contributed by atoms with van der Waals surface area (Å²) in [5, 5.41) is 11.3. The van der Waals surface area contributed by atoms with Crippen LogP contribution < -0.4 is 21.9 Å². The molecule has 0 bridgehead atoms. The lowest BCUT2D eigenvalue weighted by atomic mass is 10.1. The molecule has 0 saturated carbocycles. The van der Waals surface area contributed by atoms with Crippen molar-refractivity contribution in [1.29, 1.82) is 0 Å². The van der Waals surface area contributed by atoms with Crippen LogP contribution in [0.1, 0.15) is 64.2 Å². The van der Waals surface area contributed by atoms with Gasteiger partial charge in [-0.25, -0.2) is 19.6 Å². The van der Waals surface area contributed by atoms with Gasteiger partial charge in [0.1, 0.15) is 33.6 Å². The summed E-state index contributed by atoms with van der Waals surface area (Å²) in [5.41, 5.74) is 0.490. The fourth-order valence-corrected chi connectivity index (χ4v) is 5.99. The van der Waals surface area contributed by atoms with E-state index in [-0.39, 0.29) is 11.3 Å². The fraction of sp³-hybridized carbons (Fsp3) is 0.333. The van der Waals surface area contributed by atoms with Gasteiger partial charge in [-0.05, 0) is 37.1 Å². The molecule has 4 aromatic heterocycles. The van der Waals surface area contributed by atoms with Crippen molar-refractivity contribution in [2.45, 2.75) is 64.2 Å². The molecule has 0 atom stereocenters. The number of rotatable bonds is 15. The maximum absolute atomic E-state index is 12.6. The van der Waals surface area contributed by atoms with Crippen LogP contribution in [0.25, 0.3) is 43.5 Å². The number of para-hydroxylation sites is 2. The molecule has 0 aliphatic heterocycles. The monoisotopic (exact) mass is 590 g/mol. The molecule has 4 heterocycles. The van der Waals surface area contributed by atoms with E-state index < -0.39 is 0 Å². The Hall–Kier alpha value is -4.72. The van der Waals surface area contributed by atoms with Gasteiger partial charge in [-0.1, -0.05) is 87.8 Å². The maximum atomic E-state index is 12.6. The normalized spacial score (nSPS) is 11.5. The second kappa shape index (κ2) is 14.2. The third-order valence-electron chi connectivity index (χ3n) is 8.26. The highest BCUT2D eigenvalue weighted by molar-refractivity contribution is 6.08. The van der Waals surface area contributed by atoms with Crippen LogP contribution in [0, 0.1) is 0 Å². The number of fused-ring (bicyclic) bond motifs is 6. The van der Waals surface area contributed by atoms with E-state index in [1.54, 1.807) is 12.4 Å². The molecule has 8 nitrogen and oxygen atoms in total. The van der Waals surface area contributed by atoms with E-state index in [1.807, 2.05) is 60.7 Å². The van der Waals surface area contributed by atoms with E-state index in [1.165, 1.54) is 38.5 Å². The topological polar surface area (TPSA) is 110 Å². The molecule has 0 fully saturated rings. The molecule has 44 heavy (non-hydrogen) atoms. The number of benzene rings is 2. The number of hydrogen-bond acceptors (Lipinski definition) is 8. The molecule has 6 rings (SSSR count). The first kappa shape index (κ1) is 29.4. The van der Waals surface area contributed by atoms with Gasteiger partial charge in [-0.3, -0.25) is 0 Å². The third kappa shape index (κ3) is 6.59. The molecule has 0 saturated heterocycles. The van der Waals surface area contributed by atoms with Gasteiger partial charge >= 0.3 is 11.3 Å². The van der Waals surface area contributed by atoms with Crippen molar-refractivity contribution in [3.8, 4) is 0 Å². The van der Waals surface area contributed by atoms with Crippen LogP contribution in [0.2, 0.25) is 0 Å². The average molecular weight is 591 g/mol. The van der Waals surface area contributed by atoms with Crippen LogP contribution in [0.5, 0.6) is 0 Å². The van der Waals surface area contributed by atoms with Gasteiger partial charge in [0, 0.05) is 47.0 Å². The zero-order valence-corrected chi connectivity index (χ0v) is 24.9. The van der Waals surface area contributed by atoms with Crippen molar-refractivity contribution < 1.29 is 8.83 Å². The smallest absolute Gasteiger partial charge is 0.347 e. The van der Waals surface area contributed by atoms with E-state index in [0.29, 0.717) is 33.6 Å².